The molecule has 4 atom stereocenters. The molecule has 0 fully saturated rings. The largest absolute Gasteiger partial charge is 0.480 e. The van der Waals surface area contributed by atoms with Gasteiger partial charge in [0.05, 0.1) is 13.2 Å². The van der Waals surface area contributed by atoms with Gasteiger partial charge in [-0.2, -0.15) is 11.8 Å². The highest BCUT2D eigenvalue weighted by Gasteiger charge is 2.29. The van der Waals surface area contributed by atoms with Gasteiger partial charge in [-0.1, -0.05) is 0 Å². The van der Waals surface area contributed by atoms with Crippen LogP contribution in [0.5, 0.6) is 0 Å². The van der Waals surface area contributed by atoms with Crippen molar-refractivity contribution in [1.82, 2.24) is 16.0 Å². The Hall–Kier alpha value is -2.62. The molecule has 0 aliphatic heterocycles. The molecule has 0 heterocycles. The molecule has 14 nitrogen and oxygen atoms in total. The molecule has 0 bridgehead atoms. The topological polar surface area (TPSA) is 255 Å². The molecule has 184 valence electrons. The van der Waals surface area contributed by atoms with Crippen molar-refractivity contribution in [1.29, 1.82) is 0 Å². The normalized spacial score (nSPS) is 14.4. The van der Waals surface area contributed by atoms with E-state index in [2.05, 4.69) is 20.9 Å². The van der Waals surface area contributed by atoms with Crippen LogP contribution in [0, 0.1) is 0 Å². The average Bonchev–Trinajstić information content (AvgIpc) is 2.75. The lowest BCUT2D eigenvalue weighted by molar-refractivity contribution is -0.142. The number of hydrogen-bond donors (Lipinski definition) is 9. The van der Waals surface area contributed by atoms with Crippen LogP contribution in [-0.2, 0) is 19.2 Å². The standard InChI is InChI=1S/C17H33N7O7S/c1-32-6-4-11(16(30)31)23-14(28)10(3-2-5-21-17(19)20)22-15(29)12(8-26)24-13(27)9(18)7-25/h9-12,25-26H,2-8,18H2,1H3,(H,22,29)(H,23,28)(H,24,27)(H,30,31)(H4,19,20,21). The lowest BCUT2D eigenvalue weighted by Crippen LogP contribution is -2.58. The third-order valence-electron chi connectivity index (χ3n) is 4.15. The fraction of sp³-hybridized carbons (Fsp3) is 0.706. The monoisotopic (exact) mass is 479 g/mol. The van der Waals surface area contributed by atoms with E-state index < -0.39 is 61.1 Å². The number of thioether (sulfide) groups is 1. The molecule has 3 amide bonds. The number of carbonyl (C=O) groups is 4. The Labute approximate surface area is 189 Å². The number of hydrogen-bond acceptors (Lipinski definition) is 9. The van der Waals surface area contributed by atoms with Crippen LogP contribution in [0.4, 0.5) is 0 Å². The van der Waals surface area contributed by atoms with Crippen molar-refractivity contribution in [2.45, 2.75) is 43.4 Å². The predicted molar refractivity (Wildman–Crippen MR) is 118 cm³/mol. The third-order valence-corrected chi connectivity index (χ3v) is 4.80. The molecule has 15 heteroatoms. The number of aliphatic imine (C=N–C) groups is 1. The van der Waals surface area contributed by atoms with Gasteiger partial charge in [0.25, 0.3) is 0 Å². The second-order valence-corrected chi connectivity index (χ2v) is 7.71. The molecule has 4 unspecified atom stereocenters. The Kier molecular flexibility index (Phi) is 14.8. The Balaban J connectivity index is 5.33. The quantitative estimate of drug-likeness (QED) is 0.0580. The number of carboxylic acids is 1. The summed E-state index contributed by atoms with van der Waals surface area (Å²) in [6, 6.07) is -5.10. The van der Waals surface area contributed by atoms with Gasteiger partial charge in [0.2, 0.25) is 17.7 Å². The lowest BCUT2D eigenvalue weighted by Gasteiger charge is -2.24. The first-order valence-electron chi connectivity index (χ1n) is 9.72. The van der Waals surface area contributed by atoms with Crippen molar-refractivity contribution < 1.29 is 34.5 Å². The van der Waals surface area contributed by atoms with Gasteiger partial charge >= 0.3 is 5.97 Å². The summed E-state index contributed by atoms with van der Waals surface area (Å²) in [6.45, 7) is -1.32. The van der Waals surface area contributed by atoms with Gasteiger partial charge in [0, 0.05) is 6.54 Å². The smallest absolute Gasteiger partial charge is 0.326 e. The van der Waals surface area contributed by atoms with Crippen LogP contribution in [0.15, 0.2) is 4.99 Å². The number of guanidine groups is 1. The molecule has 12 N–H and O–H groups in total. The number of carboxylic acid groups (broad SMARTS) is 1. The Bertz CT molecular complexity index is 661. The number of rotatable bonds is 16. The number of nitrogens with one attached hydrogen (secondary N) is 3. The highest BCUT2D eigenvalue weighted by Crippen LogP contribution is 2.05. The maximum absolute atomic E-state index is 12.7. The second-order valence-electron chi connectivity index (χ2n) is 6.72. The molecule has 0 spiro atoms. The molecule has 0 aromatic rings. The zero-order chi connectivity index (χ0) is 24.7. The van der Waals surface area contributed by atoms with Crippen LogP contribution >= 0.6 is 11.8 Å². The molecule has 0 aliphatic rings. The number of nitrogens with two attached hydrogens (primary N) is 3. The molecule has 0 radical (unpaired) electrons. The van der Waals surface area contributed by atoms with Gasteiger partial charge in [-0.05, 0) is 31.3 Å². The van der Waals surface area contributed by atoms with Crippen molar-refractivity contribution >= 4 is 41.4 Å². The number of aliphatic carboxylic acids is 1. The molecule has 0 rings (SSSR count). The zero-order valence-corrected chi connectivity index (χ0v) is 18.6. The van der Waals surface area contributed by atoms with Crippen molar-refractivity contribution in [2.24, 2.45) is 22.2 Å². The van der Waals surface area contributed by atoms with Gasteiger partial charge in [-0.25, -0.2) is 4.79 Å². The zero-order valence-electron chi connectivity index (χ0n) is 17.8. The molecular weight excluding hydrogens is 446 g/mol. The van der Waals surface area contributed by atoms with Crippen LogP contribution in [0.25, 0.3) is 0 Å². The van der Waals surface area contributed by atoms with Crippen LogP contribution < -0.4 is 33.2 Å². The average molecular weight is 480 g/mol. The van der Waals surface area contributed by atoms with Gasteiger partial charge in [0.15, 0.2) is 5.96 Å². The van der Waals surface area contributed by atoms with Crippen molar-refractivity contribution in [3.8, 4) is 0 Å². The highest BCUT2D eigenvalue weighted by molar-refractivity contribution is 7.98. The van der Waals surface area contributed by atoms with Crippen molar-refractivity contribution in [3.63, 3.8) is 0 Å². The van der Waals surface area contributed by atoms with E-state index in [0.29, 0.717) is 5.75 Å². The first-order chi connectivity index (χ1) is 15.1. The third kappa shape index (κ3) is 11.7. The van der Waals surface area contributed by atoms with E-state index >= 15 is 0 Å². The number of carbonyl (C=O) groups excluding carboxylic acids is 3. The van der Waals surface area contributed by atoms with E-state index in [9.17, 15) is 29.4 Å². The Morgan fingerprint density at radius 3 is 1.97 bits per heavy atom. The van der Waals surface area contributed by atoms with Crippen molar-refractivity contribution in [3.05, 3.63) is 0 Å². The van der Waals surface area contributed by atoms with E-state index in [1.807, 2.05) is 0 Å². The summed E-state index contributed by atoms with van der Waals surface area (Å²) in [5.41, 5.74) is 15.9. The SMILES string of the molecule is CSCCC(NC(=O)C(CCCN=C(N)N)NC(=O)C(CO)NC(=O)C(N)CO)C(=O)O. The Morgan fingerprint density at radius 1 is 0.906 bits per heavy atom. The second kappa shape index (κ2) is 16.1. The fourth-order valence-corrected chi connectivity index (χ4v) is 2.84. The van der Waals surface area contributed by atoms with Crippen LogP contribution in [0.2, 0.25) is 0 Å². The van der Waals surface area contributed by atoms with Gasteiger partial charge < -0.3 is 48.5 Å². The van der Waals surface area contributed by atoms with Crippen LogP contribution in [-0.4, -0.2) is 101 Å². The van der Waals surface area contributed by atoms with E-state index in [1.165, 1.54) is 11.8 Å². The minimum atomic E-state index is -1.44. The lowest BCUT2D eigenvalue weighted by atomic mass is 10.1. The minimum absolute atomic E-state index is 0.0471. The summed E-state index contributed by atoms with van der Waals surface area (Å²) in [6.07, 6.45) is 2.28. The number of aliphatic hydroxyl groups is 2. The van der Waals surface area contributed by atoms with Gasteiger partial charge in [-0.15, -0.1) is 0 Å². The first kappa shape index (κ1) is 29.4. The van der Waals surface area contributed by atoms with Crippen LogP contribution in [0.1, 0.15) is 19.3 Å². The number of amides is 3. The maximum atomic E-state index is 12.7. The maximum Gasteiger partial charge on any atom is 0.326 e. The molecule has 0 saturated heterocycles. The van der Waals surface area contributed by atoms with Gasteiger partial charge in [-0.3, -0.25) is 19.4 Å². The van der Waals surface area contributed by atoms with Crippen molar-refractivity contribution in [2.75, 3.05) is 31.8 Å². The molecule has 0 aromatic carbocycles. The minimum Gasteiger partial charge on any atom is -0.480 e. The number of nitrogens with zero attached hydrogens (tertiary/aromatic N) is 1. The van der Waals surface area contributed by atoms with E-state index in [1.54, 1.807) is 6.26 Å². The summed E-state index contributed by atoms with van der Waals surface area (Å²) in [5, 5.41) is 34.6. The summed E-state index contributed by atoms with van der Waals surface area (Å²) >= 11 is 1.41. The highest BCUT2D eigenvalue weighted by atomic mass is 32.2. The van der Waals surface area contributed by atoms with Gasteiger partial charge in [0.1, 0.15) is 24.2 Å². The molecule has 0 aliphatic carbocycles. The predicted octanol–water partition coefficient (Wildman–Crippen LogP) is -4.36. The number of aliphatic hydroxyl groups excluding tert-OH is 2. The summed E-state index contributed by atoms with van der Waals surface area (Å²) in [4.78, 5) is 52.2. The van der Waals surface area contributed by atoms with E-state index in [4.69, 9.17) is 22.3 Å². The van der Waals surface area contributed by atoms with E-state index in [0.717, 1.165) is 0 Å². The fourth-order valence-electron chi connectivity index (χ4n) is 2.37. The molecule has 0 saturated carbocycles. The van der Waals surface area contributed by atoms with E-state index in [-0.39, 0.29) is 31.8 Å². The molecular formula is C17H33N7O7S. The molecule has 32 heavy (non-hydrogen) atoms. The van der Waals surface area contributed by atoms with Crippen LogP contribution in [0.3, 0.4) is 0 Å². The first-order valence-corrected chi connectivity index (χ1v) is 11.1. The Morgan fingerprint density at radius 2 is 1.47 bits per heavy atom. The summed E-state index contributed by atoms with van der Waals surface area (Å²) in [5.74, 6) is -3.42. The summed E-state index contributed by atoms with van der Waals surface area (Å²) in [7, 11) is 0. The molecule has 0 aromatic heterocycles. The summed E-state index contributed by atoms with van der Waals surface area (Å²) < 4.78 is 0.